The Hall–Kier alpha value is -2.65. The van der Waals surface area contributed by atoms with Gasteiger partial charge in [0, 0.05) is 13.0 Å². The van der Waals surface area contributed by atoms with Gasteiger partial charge in [0.15, 0.2) is 0 Å². The lowest BCUT2D eigenvalue weighted by atomic mass is 10.3. The van der Waals surface area contributed by atoms with Crippen LogP contribution in [0.3, 0.4) is 0 Å². The smallest absolute Gasteiger partial charge is 0.314 e. The fourth-order valence-electron chi connectivity index (χ4n) is 3.14. The molecule has 9 heteroatoms. The van der Waals surface area contributed by atoms with Gasteiger partial charge in [-0.2, -0.15) is 4.31 Å². The molecule has 1 fully saturated rings. The third-order valence-corrected chi connectivity index (χ3v) is 6.74. The Morgan fingerprint density at radius 2 is 1.78 bits per heavy atom. The summed E-state index contributed by atoms with van der Waals surface area (Å²) in [5.74, 6) is 2.51. The second-order valence-electron chi connectivity index (χ2n) is 7.00. The van der Waals surface area contributed by atoms with Crippen LogP contribution >= 0.6 is 0 Å². The Labute approximate surface area is 154 Å². The number of aromatic nitrogens is 2. The number of hydrogen-bond acceptors (Lipinski definition) is 5. The maximum Gasteiger partial charge on any atom is 0.314 e. The molecule has 1 aliphatic rings. The number of hydrogen-bond donors (Lipinski definition) is 2. The Bertz CT molecular complexity index is 1240. The number of fused-ring (bicyclic) bond motifs is 1. The van der Waals surface area contributed by atoms with Crippen molar-refractivity contribution in [2.24, 2.45) is 5.92 Å². The lowest BCUT2D eigenvalue weighted by molar-refractivity contribution is 0.390. The van der Waals surface area contributed by atoms with E-state index in [2.05, 4.69) is 16.9 Å². The second kappa shape index (κ2) is 6.21. The van der Waals surface area contributed by atoms with E-state index >= 15 is 0 Å². The van der Waals surface area contributed by atoms with Crippen LogP contribution in [0.2, 0.25) is 0 Å². The van der Waals surface area contributed by atoms with Crippen molar-refractivity contribution in [3.63, 3.8) is 0 Å². The molecule has 0 unspecified atom stereocenters. The van der Waals surface area contributed by atoms with Crippen molar-refractivity contribution in [2.45, 2.75) is 30.7 Å². The Morgan fingerprint density at radius 3 is 2.44 bits per heavy atom. The van der Waals surface area contributed by atoms with Crippen LogP contribution in [0.15, 0.2) is 49.2 Å². The molecule has 0 bridgehead atoms. The molecule has 8 nitrogen and oxygen atoms in total. The summed E-state index contributed by atoms with van der Waals surface area (Å²) in [7, 11) is -2.33. The maximum atomic E-state index is 12.9. The minimum Gasteiger partial charge on any atom is -0.464 e. The zero-order chi connectivity index (χ0) is 19.3. The highest BCUT2D eigenvalue weighted by Crippen LogP contribution is 2.47. The van der Waals surface area contributed by atoms with E-state index in [0.717, 1.165) is 12.2 Å². The molecule has 0 radical (unpaired) electrons. The van der Waals surface area contributed by atoms with Crippen LogP contribution in [-0.2, 0) is 16.6 Å². The van der Waals surface area contributed by atoms with Crippen LogP contribution in [0.4, 0.5) is 0 Å². The molecule has 0 spiro atoms. The van der Waals surface area contributed by atoms with Crippen LogP contribution < -0.4 is 11.1 Å². The molecule has 0 amide bonds. The first-order valence-corrected chi connectivity index (χ1v) is 10.0. The first-order chi connectivity index (χ1) is 12.8. The van der Waals surface area contributed by atoms with Crippen LogP contribution in [-0.4, -0.2) is 29.7 Å². The minimum absolute atomic E-state index is 0.0165. The van der Waals surface area contributed by atoms with Crippen LogP contribution in [0.5, 0.6) is 0 Å². The van der Waals surface area contributed by atoms with Crippen LogP contribution in [0.25, 0.3) is 11.0 Å². The number of H-pyrrole nitrogens is 2. The standard InChI is InChI=1S/C18H19N3O5S/c1-10-7-13(10)16-6-3-11(26-16)9-21(2)27(24,25)12-4-5-14-15(8-12)20-18(23)17(22)19-14/h3-6,8,10,13H,7,9H2,1-2H3,(H,19,22)(H,20,23)/t10-,13-/m1/s1. The first kappa shape index (κ1) is 17.7. The van der Waals surface area contributed by atoms with Gasteiger partial charge >= 0.3 is 11.1 Å². The molecule has 0 saturated heterocycles. The molecule has 1 aromatic carbocycles. The van der Waals surface area contributed by atoms with Crippen molar-refractivity contribution < 1.29 is 12.8 Å². The first-order valence-electron chi connectivity index (χ1n) is 8.57. The van der Waals surface area contributed by atoms with E-state index in [-0.39, 0.29) is 17.0 Å². The zero-order valence-electron chi connectivity index (χ0n) is 14.9. The van der Waals surface area contributed by atoms with Gasteiger partial charge in [0.05, 0.1) is 22.5 Å². The largest absolute Gasteiger partial charge is 0.464 e. The second-order valence-corrected chi connectivity index (χ2v) is 9.05. The SMILES string of the molecule is C[C@@H]1C[C@H]1c1ccc(CN(C)S(=O)(=O)c2ccc3[nH]c(=O)c(=O)[nH]c3c2)o1. The number of rotatable bonds is 5. The summed E-state index contributed by atoms with van der Waals surface area (Å²) in [6.45, 7) is 2.25. The van der Waals surface area contributed by atoms with E-state index in [1.54, 1.807) is 6.07 Å². The van der Waals surface area contributed by atoms with Crippen molar-refractivity contribution in [2.75, 3.05) is 7.05 Å². The molecule has 2 N–H and O–H groups in total. The number of aromatic amines is 2. The molecule has 1 aliphatic carbocycles. The van der Waals surface area contributed by atoms with E-state index in [0.29, 0.717) is 23.1 Å². The van der Waals surface area contributed by atoms with Crippen LogP contribution in [0, 0.1) is 5.92 Å². The summed E-state index contributed by atoms with van der Waals surface area (Å²) in [5, 5.41) is 0. The van der Waals surface area contributed by atoms with Crippen molar-refractivity contribution in [1.82, 2.24) is 14.3 Å². The van der Waals surface area contributed by atoms with Gasteiger partial charge in [0.25, 0.3) is 0 Å². The Morgan fingerprint density at radius 1 is 1.11 bits per heavy atom. The fourth-order valence-corrected chi connectivity index (χ4v) is 4.30. The molecule has 2 heterocycles. The third-order valence-electron chi connectivity index (χ3n) is 4.94. The number of furan rings is 1. The normalized spacial score (nSPS) is 19.7. The van der Waals surface area contributed by atoms with Gasteiger partial charge in [0.1, 0.15) is 11.5 Å². The van der Waals surface area contributed by atoms with Crippen molar-refractivity contribution in [3.05, 3.63) is 62.6 Å². The van der Waals surface area contributed by atoms with Gasteiger partial charge in [-0.3, -0.25) is 9.59 Å². The van der Waals surface area contributed by atoms with Gasteiger partial charge < -0.3 is 14.4 Å². The fraction of sp³-hybridized carbons (Fsp3) is 0.333. The number of nitrogens with zero attached hydrogens (tertiary/aromatic N) is 1. The molecule has 3 aromatic rings. The predicted octanol–water partition coefficient (Wildman–Crippen LogP) is 1.75. The highest BCUT2D eigenvalue weighted by Gasteiger charge is 2.36. The summed E-state index contributed by atoms with van der Waals surface area (Å²) in [6.07, 6.45) is 1.10. The highest BCUT2D eigenvalue weighted by molar-refractivity contribution is 7.89. The third kappa shape index (κ3) is 3.24. The minimum atomic E-state index is -3.80. The number of nitrogens with one attached hydrogen (secondary N) is 2. The van der Waals surface area contributed by atoms with E-state index in [4.69, 9.17) is 4.42 Å². The van der Waals surface area contributed by atoms with Gasteiger partial charge in [-0.15, -0.1) is 0 Å². The van der Waals surface area contributed by atoms with E-state index < -0.39 is 21.1 Å². The van der Waals surface area contributed by atoms with E-state index in [9.17, 15) is 18.0 Å². The molecule has 0 aliphatic heterocycles. The van der Waals surface area contributed by atoms with Gasteiger partial charge in [0.2, 0.25) is 10.0 Å². The quantitative estimate of drug-likeness (QED) is 0.645. The molecule has 27 heavy (non-hydrogen) atoms. The maximum absolute atomic E-state index is 12.9. The number of sulfonamides is 1. The van der Waals surface area contributed by atoms with Crippen molar-refractivity contribution >= 4 is 21.1 Å². The monoisotopic (exact) mass is 389 g/mol. The van der Waals surface area contributed by atoms with Gasteiger partial charge in [-0.05, 0) is 42.7 Å². The molecule has 1 saturated carbocycles. The summed E-state index contributed by atoms with van der Waals surface area (Å²) in [5.41, 5.74) is -1.01. The van der Waals surface area contributed by atoms with E-state index in [1.807, 2.05) is 6.07 Å². The molecule has 4 rings (SSSR count). The summed E-state index contributed by atoms with van der Waals surface area (Å²) < 4.78 is 32.7. The van der Waals surface area contributed by atoms with Crippen molar-refractivity contribution in [3.8, 4) is 0 Å². The molecular weight excluding hydrogens is 370 g/mol. The summed E-state index contributed by atoms with van der Waals surface area (Å²) in [4.78, 5) is 27.7. The average Bonchev–Trinajstić information content (AvgIpc) is 3.17. The summed E-state index contributed by atoms with van der Waals surface area (Å²) >= 11 is 0. The highest BCUT2D eigenvalue weighted by atomic mass is 32.2. The molecular formula is C18H19N3O5S. The Balaban J connectivity index is 1.61. The lowest BCUT2D eigenvalue weighted by Gasteiger charge is -2.16. The van der Waals surface area contributed by atoms with Gasteiger partial charge in [-0.1, -0.05) is 6.92 Å². The number of benzene rings is 1. The van der Waals surface area contributed by atoms with Crippen molar-refractivity contribution in [1.29, 1.82) is 0 Å². The zero-order valence-corrected chi connectivity index (χ0v) is 15.7. The average molecular weight is 389 g/mol. The lowest BCUT2D eigenvalue weighted by Crippen LogP contribution is -2.29. The van der Waals surface area contributed by atoms with Crippen LogP contribution in [0.1, 0.15) is 30.8 Å². The summed E-state index contributed by atoms with van der Waals surface area (Å²) in [6, 6.07) is 7.88. The topological polar surface area (TPSA) is 116 Å². The molecule has 142 valence electrons. The Kier molecular flexibility index (Phi) is 4.08. The molecule has 2 atom stereocenters. The van der Waals surface area contributed by atoms with E-state index in [1.165, 1.54) is 29.6 Å². The predicted molar refractivity (Wildman–Crippen MR) is 99.1 cm³/mol. The molecule has 2 aromatic heterocycles. The van der Waals surface area contributed by atoms with Gasteiger partial charge in [-0.25, -0.2) is 8.42 Å².